The molecule has 1 unspecified atom stereocenters. The van der Waals surface area contributed by atoms with Crippen LogP contribution in [0, 0.1) is 5.41 Å². The zero-order valence-corrected chi connectivity index (χ0v) is 15.8. The molecule has 0 N–H and O–H groups in total. The van der Waals surface area contributed by atoms with Gasteiger partial charge in [0.15, 0.2) is 0 Å². The van der Waals surface area contributed by atoms with Crippen molar-refractivity contribution in [3.8, 4) is 0 Å². The van der Waals surface area contributed by atoms with Crippen molar-refractivity contribution in [3.05, 3.63) is 29.8 Å². The first-order valence-corrected chi connectivity index (χ1v) is 9.79. The number of amides is 1. The third kappa shape index (κ3) is 4.43. The molecule has 1 saturated heterocycles. The van der Waals surface area contributed by atoms with Crippen molar-refractivity contribution in [3.63, 3.8) is 0 Å². The van der Waals surface area contributed by atoms with Crippen LogP contribution in [0.5, 0.6) is 0 Å². The summed E-state index contributed by atoms with van der Waals surface area (Å²) in [6.45, 7) is 6.24. The number of nitrogens with zero attached hydrogens (tertiary/aromatic N) is 2. The minimum absolute atomic E-state index is 0.0848. The van der Waals surface area contributed by atoms with E-state index in [0.29, 0.717) is 5.75 Å². The zero-order chi connectivity index (χ0) is 16.3. The van der Waals surface area contributed by atoms with Crippen LogP contribution in [0.15, 0.2) is 29.2 Å². The molecule has 1 atom stereocenters. The Morgan fingerprint density at radius 1 is 1.32 bits per heavy atom. The first kappa shape index (κ1) is 17.7. The van der Waals surface area contributed by atoms with Crippen molar-refractivity contribution in [1.29, 1.82) is 0 Å². The van der Waals surface area contributed by atoms with E-state index in [1.54, 1.807) is 23.5 Å². The van der Waals surface area contributed by atoms with Gasteiger partial charge in [-0.2, -0.15) is 0 Å². The van der Waals surface area contributed by atoms with Gasteiger partial charge in [-0.1, -0.05) is 26.0 Å². The standard InChI is InChI=1S/C17H26N2OS2/c1-17(2,11-18(3)4)12-19-15(20)10-22-16(19)13-6-8-14(21-5)9-7-13/h6-9,16H,10-12H2,1-5H3. The minimum atomic E-state index is 0.0848. The molecule has 0 spiro atoms. The predicted octanol–water partition coefficient (Wildman–Crippen LogP) is 3.57. The molecule has 1 heterocycles. The van der Waals surface area contributed by atoms with Gasteiger partial charge in [-0.15, -0.1) is 23.5 Å². The lowest BCUT2D eigenvalue weighted by Gasteiger charge is -2.35. The van der Waals surface area contributed by atoms with Crippen LogP contribution in [0.4, 0.5) is 0 Å². The van der Waals surface area contributed by atoms with Gasteiger partial charge >= 0.3 is 0 Å². The molecule has 122 valence electrons. The number of benzene rings is 1. The number of thioether (sulfide) groups is 2. The smallest absolute Gasteiger partial charge is 0.233 e. The summed E-state index contributed by atoms with van der Waals surface area (Å²) in [5.74, 6) is 0.850. The predicted molar refractivity (Wildman–Crippen MR) is 97.5 cm³/mol. The quantitative estimate of drug-likeness (QED) is 0.740. The van der Waals surface area contributed by atoms with E-state index in [2.05, 4.69) is 68.3 Å². The Balaban J connectivity index is 2.15. The van der Waals surface area contributed by atoms with Crippen molar-refractivity contribution >= 4 is 29.4 Å². The molecule has 1 fully saturated rings. The van der Waals surface area contributed by atoms with Crippen LogP contribution in [0.2, 0.25) is 0 Å². The lowest BCUT2D eigenvalue weighted by molar-refractivity contribution is -0.129. The Kier molecular flexibility index (Phi) is 5.86. The maximum Gasteiger partial charge on any atom is 0.233 e. The van der Waals surface area contributed by atoms with Gasteiger partial charge in [0.2, 0.25) is 5.91 Å². The summed E-state index contributed by atoms with van der Waals surface area (Å²) in [5.41, 5.74) is 1.32. The van der Waals surface area contributed by atoms with Gasteiger partial charge < -0.3 is 9.80 Å². The second-order valence-corrected chi connectivity index (χ2v) is 8.81. The van der Waals surface area contributed by atoms with Crippen molar-refractivity contribution in [2.24, 2.45) is 5.41 Å². The van der Waals surface area contributed by atoms with Crippen LogP contribution >= 0.6 is 23.5 Å². The van der Waals surface area contributed by atoms with E-state index >= 15 is 0 Å². The van der Waals surface area contributed by atoms with Gasteiger partial charge in [-0.3, -0.25) is 4.79 Å². The molecule has 0 saturated carbocycles. The van der Waals surface area contributed by atoms with E-state index in [4.69, 9.17) is 0 Å². The molecular formula is C17H26N2OS2. The third-order valence-corrected chi connectivity index (χ3v) is 5.71. The Morgan fingerprint density at radius 2 is 1.95 bits per heavy atom. The summed E-state index contributed by atoms with van der Waals surface area (Å²) in [7, 11) is 4.17. The Labute approximate surface area is 142 Å². The first-order chi connectivity index (χ1) is 10.3. The highest BCUT2D eigenvalue weighted by Crippen LogP contribution is 2.40. The fraction of sp³-hybridized carbons (Fsp3) is 0.588. The SMILES string of the molecule is CSc1ccc(C2SCC(=O)N2CC(C)(C)CN(C)C)cc1. The largest absolute Gasteiger partial charge is 0.325 e. The monoisotopic (exact) mass is 338 g/mol. The summed E-state index contributed by atoms with van der Waals surface area (Å²) in [6, 6.07) is 8.61. The lowest BCUT2D eigenvalue weighted by atomic mass is 9.92. The third-order valence-electron chi connectivity index (χ3n) is 3.71. The van der Waals surface area contributed by atoms with Crippen LogP contribution < -0.4 is 0 Å². The molecular weight excluding hydrogens is 312 g/mol. The first-order valence-electron chi connectivity index (χ1n) is 7.52. The van der Waals surface area contributed by atoms with Gasteiger partial charge in [0.1, 0.15) is 5.37 Å². The average Bonchev–Trinajstić information content (AvgIpc) is 2.78. The van der Waals surface area contributed by atoms with Gasteiger partial charge in [-0.25, -0.2) is 0 Å². The van der Waals surface area contributed by atoms with Gasteiger partial charge in [-0.05, 0) is 43.5 Å². The second kappa shape index (κ2) is 7.28. The van der Waals surface area contributed by atoms with Crippen LogP contribution in [0.1, 0.15) is 24.8 Å². The molecule has 1 aliphatic heterocycles. The summed E-state index contributed by atoms with van der Waals surface area (Å²) in [4.78, 5) is 17.8. The molecule has 1 aromatic rings. The molecule has 5 heteroatoms. The van der Waals surface area contributed by atoms with E-state index in [1.165, 1.54) is 10.5 Å². The van der Waals surface area contributed by atoms with E-state index in [0.717, 1.165) is 13.1 Å². The zero-order valence-electron chi connectivity index (χ0n) is 14.1. The van der Waals surface area contributed by atoms with E-state index in [1.807, 2.05) is 0 Å². The molecule has 0 bridgehead atoms. The number of carbonyl (C=O) groups is 1. The van der Waals surface area contributed by atoms with Crippen LogP contribution in [-0.2, 0) is 4.79 Å². The molecule has 0 radical (unpaired) electrons. The van der Waals surface area contributed by atoms with Crippen LogP contribution in [-0.4, -0.2) is 54.9 Å². The molecule has 0 aromatic heterocycles. The van der Waals surface area contributed by atoms with Crippen molar-refractivity contribution < 1.29 is 4.79 Å². The average molecular weight is 339 g/mol. The summed E-state index contributed by atoms with van der Waals surface area (Å²) < 4.78 is 0. The highest BCUT2D eigenvalue weighted by molar-refractivity contribution is 8.00. The number of carbonyl (C=O) groups excluding carboxylic acids is 1. The van der Waals surface area contributed by atoms with Crippen molar-refractivity contribution in [1.82, 2.24) is 9.80 Å². The fourth-order valence-electron chi connectivity index (χ4n) is 3.04. The topological polar surface area (TPSA) is 23.6 Å². The van der Waals surface area contributed by atoms with Gasteiger partial charge in [0.25, 0.3) is 0 Å². The summed E-state index contributed by atoms with van der Waals surface area (Å²) >= 11 is 3.49. The molecule has 0 aliphatic carbocycles. The molecule has 1 aliphatic rings. The fourth-order valence-corrected chi connectivity index (χ4v) is 4.63. The lowest BCUT2D eigenvalue weighted by Crippen LogP contribution is -2.41. The molecule has 2 rings (SSSR count). The van der Waals surface area contributed by atoms with Crippen molar-refractivity contribution in [2.75, 3.05) is 39.2 Å². The number of hydrogen-bond acceptors (Lipinski definition) is 4. The maximum atomic E-state index is 12.3. The Hall–Kier alpha value is -0.650. The highest BCUT2D eigenvalue weighted by atomic mass is 32.2. The van der Waals surface area contributed by atoms with E-state index in [-0.39, 0.29) is 16.7 Å². The summed E-state index contributed by atoms with van der Waals surface area (Å²) in [6.07, 6.45) is 2.08. The van der Waals surface area contributed by atoms with Crippen LogP contribution in [0.25, 0.3) is 0 Å². The van der Waals surface area contributed by atoms with Gasteiger partial charge in [0, 0.05) is 18.0 Å². The molecule has 1 aromatic carbocycles. The molecule has 1 amide bonds. The van der Waals surface area contributed by atoms with E-state index in [9.17, 15) is 4.79 Å². The van der Waals surface area contributed by atoms with Crippen molar-refractivity contribution in [2.45, 2.75) is 24.1 Å². The summed E-state index contributed by atoms with van der Waals surface area (Å²) in [5, 5.41) is 0.157. The van der Waals surface area contributed by atoms with Crippen LogP contribution in [0.3, 0.4) is 0 Å². The minimum Gasteiger partial charge on any atom is -0.325 e. The Morgan fingerprint density at radius 3 is 2.50 bits per heavy atom. The van der Waals surface area contributed by atoms with Gasteiger partial charge in [0.05, 0.1) is 5.75 Å². The highest BCUT2D eigenvalue weighted by Gasteiger charge is 2.36. The normalized spacial score (nSPS) is 19.3. The maximum absolute atomic E-state index is 12.3. The molecule has 22 heavy (non-hydrogen) atoms. The second-order valence-electron chi connectivity index (χ2n) is 6.86. The Bertz CT molecular complexity index is 514. The number of hydrogen-bond donors (Lipinski definition) is 0. The van der Waals surface area contributed by atoms with E-state index < -0.39 is 0 Å². The number of rotatable bonds is 6. The molecule has 3 nitrogen and oxygen atoms in total.